The highest BCUT2D eigenvalue weighted by atomic mass is 16.2. The van der Waals surface area contributed by atoms with Gasteiger partial charge in [0, 0.05) is 11.7 Å². The summed E-state index contributed by atoms with van der Waals surface area (Å²) in [5, 5.41) is 2.63. The number of amides is 4. The van der Waals surface area contributed by atoms with E-state index in [0.29, 0.717) is 6.42 Å². The van der Waals surface area contributed by atoms with Crippen LogP contribution in [0.1, 0.15) is 33.6 Å². The summed E-state index contributed by atoms with van der Waals surface area (Å²) in [4.78, 5) is 39.5. The molecule has 1 saturated heterocycles. The molecule has 0 saturated carbocycles. The minimum atomic E-state index is -0.510. The molecule has 1 aromatic carbocycles. The first kappa shape index (κ1) is 17.0. The molecule has 1 aromatic rings. The predicted molar refractivity (Wildman–Crippen MR) is 88.0 cm³/mol. The first-order valence-corrected chi connectivity index (χ1v) is 7.94. The minimum absolute atomic E-state index is 0.0721. The van der Waals surface area contributed by atoms with Crippen molar-refractivity contribution in [3.8, 4) is 0 Å². The highest BCUT2D eigenvalue weighted by Gasteiger charge is 2.39. The number of para-hydroxylation sites is 1. The maximum absolute atomic E-state index is 12.6. The van der Waals surface area contributed by atoms with Gasteiger partial charge in [0.15, 0.2) is 0 Å². The van der Waals surface area contributed by atoms with Crippen LogP contribution in [-0.4, -0.2) is 41.4 Å². The molecule has 0 radical (unpaired) electrons. The molecule has 0 spiro atoms. The Morgan fingerprint density at radius 2 is 1.91 bits per heavy atom. The summed E-state index contributed by atoms with van der Waals surface area (Å²) in [7, 11) is 0. The van der Waals surface area contributed by atoms with Gasteiger partial charge in [-0.2, -0.15) is 0 Å². The van der Waals surface area contributed by atoms with Crippen molar-refractivity contribution in [3.63, 3.8) is 0 Å². The molecule has 2 rings (SSSR count). The zero-order chi connectivity index (χ0) is 17.0. The molecular weight excluding hydrogens is 294 g/mol. The molecule has 6 nitrogen and oxygen atoms in total. The average molecular weight is 317 g/mol. The fraction of sp³-hybridized carbons (Fsp3) is 0.471. The summed E-state index contributed by atoms with van der Waals surface area (Å²) >= 11 is 0. The third-order valence-corrected chi connectivity index (χ3v) is 3.80. The molecule has 0 bridgehead atoms. The number of rotatable bonds is 6. The van der Waals surface area contributed by atoms with E-state index in [4.69, 9.17) is 0 Å². The maximum atomic E-state index is 12.6. The topological polar surface area (TPSA) is 69.7 Å². The van der Waals surface area contributed by atoms with Crippen LogP contribution >= 0.6 is 0 Å². The lowest BCUT2D eigenvalue weighted by molar-refractivity contribution is -0.131. The summed E-state index contributed by atoms with van der Waals surface area (Å²) in [6.07, 6.45) is 1.38. The smallest absolute Gasteiger partial charge is 0.325 e. The van der Waals surface area contributed by atoms with Crippen LogP contribution in [0.3, 0.4) is 0 Å². The van der Waals surface area contributed by atoms with Gasteiger partial charge in [-0.1, -0.05) is 31.5 Å². The first-order valence-electron chi connectivity index (χ1n) is 7.94. The molecule has 0 aromatic heterocycles. The summed E-state index contributed by atoms with van der Waals surface area (Å²) in [6, 6.07) is 8.18. The van der Waals surface area contributed by atoms with Crippen LogP contribution in [0.15, 0.2) is 30.3 Å². The lowest BCUT2D eigenvalue weighted by Crippen LogP contribution is -2.46. The third kappa shape index (κ3) is 3.70. The number of nitrogens with zero attached hydrogens (tertiary/aromatic N) is 2. The molecule has 6 heteroatoms. The van der Waals surface area contributed by atoms with Gasteiger partial charge in [-0.05, 0) is 32.4 Å². The maximum Gasteiger partial charge on any atom is 0.325 e. The van der Waals surface area contributed by atoms with Crippen LogP contribution < -0.4 is 10.2 Å². The van der Waals surface area contributed by atoms with E-state index in [0.717, 1.165) is 17.0 Å². The number of benzene rings is 1. The highest BCUT2D eigenvalue weighted by Crippen LogP contribution is 2.18. The number of imide groups is 1. The second-order valence-corrected chi connectivity index (χ2v) is 5.91. The Bertz CT molecular complexity index is 586. The molecule has 0 aliphatic carbocycles. The molecule has 124 valence electrons. The fourth-order valence-corrected chi connectivity index (χ4v) is 2.74. The Morgan fingerprint density at radius 1 is 1.26 bits per heavy atom. The van der Waals surface area contributed by atoms with E-state index >= 15 is 0 Å². The molecule has 1 N–H and O–H groups in total. The lowest BCUT2D eigenvalue weighted by atomic mass is 10.1. The van der Waals surface area contributed by atoms with Crippen LogP contribution in [0.4, 0.5) is 10.5 Å². The van der Waals surface area contributed by atoms with Crippen LogP contribution in [0, 0.1) is 0 Å². The van der Waals surface area contributed by atoms with Gasteiger partial charge in [-0.3, -0.25) is 14.5 Å². The quantitative estimate of drug-likeness (QED) is 0.817. The SMILES string of the molecule is CCCC1NC(=O)N(CC(=O)N(c2ccccc2)C(C)C)C1=O. The van der Waals surface area contributed by atoms with E-state index in [2.05, 4.69) is 5.32 Å². The Kier molecular flexibility index (Phi) is 5.36. The van der Waals surface area contributed by atoms with E-state index in [1.54, 1.807) is 4.90 Å². The highest BCUT2D eigenvalue weighted by molar-refractivity contribution is 6.08. The summed E-state index contributed by atoms with van der Waals surface area (Å²) in [5.74, 6) is -0.589. The summed E-state index contributed by atoms with van der Waals surface area (Å²) in [6.45, 7) is 5.51. The Labute approximate surface area is 136 Å². The van der Waals surface area contributed by atoms with Crippen LogP contribution in [0.25, 0.3) is 0 Å². The van der Waals surface area contributed by atoms with Gasteiger partial charge in [0.1, 0.15) is 12.6 Å². The van der Waals surface area contributed by atoms with Crippen molar-refractivity contribution in [2.45, 2.75) is 45.7 Å². The lowest BCUT2D eigenvalue weighted by Gasteiger charge is -2.28. The number of hydrogen-bond donors (Lipinski definition) is 1. The standard InChI is InChI=1S/C17H23N3O3/c1-4-8-14-16(22)19(17(23)18-14)11-15(21)20(12(2)3)13-9-6-5-7-10-13/h5-7,9-10,12,14H,4,8,11H2,1-3H3,(H,18,23). The fourth-order valence-electron chi connectivity index (χ4n) is 2.74. The van der Waals surface area contributed by atoms with Gasteiger partial charge in [0.2, 0.25) is 5.91 Å². The van der Waals surface area contributed by atoms with Crippen molar-refractivity contribution in [1.29, 1.82) is 0 Å². The van der Waals surface area contributed by atoms with Crippen molar-refractivity contribution in [3.05, 3.63) is 30.3 Å². The van der Waals surface area contributed by atoms with Crippen molar-refractivity contribution >= 4 is 23.5 Å². The first-order chi connectivity index (χ1) is 11.0. The summed E-state index contributed by atoms with van der Waals surface area (Å²) < 4.78 is 0. The number of nitrogens with one attached hydrogen (secondary N) is 1. The van der Waals surface area contributed by atoms with Gasteiger partial charge < -0.3 is 10.2 Å². The molecule has 1 aliphatic rings. The average Bonchev–Trinajstić information content (AvgIpc) is 2.76. The monoisotopic (exact) mass is 317 g/mol. The molecule has 1 aliphatic heterocycles. The van der Waals surface area contributed by atoms with Crippen molar-refractivity contribution in [2.24, 2.45) is 0 Å². The van der Waals surface area contributed by atoms with Crippen LogP contribution in [-0.2, 0) is 9.59 Å². The molecule has 23 heavy (non-hydrogen) atoms. The number of hydrogen-bond acceptors (Lipinski definition) is 3. The van der Waals surface area contributed by atoms with Gasteiger partial charge in [0.05, 0.1) is 0 Å². The predicted octanol–water partition coefficient (Wildman–Crippen LogP) is 2.15. The largest absolute Gasteiger partial charge is 0.326 e. The Hall–Kier alpha value is -2.37. The van der Waals surface area contributed by atoms with Gasteiger partial charge in [-0.25, -0.2) is 4.79 Å². The normalized spacial score (nSPS) is 17.6. The van der Waals surface area contributed by atoms with Gasteiger partial charge in [0.25, 0.3) is 5.91 Å². The Morgan fingerprint density at radius 3 is 2.48 bits per heavy atom. The zero-order valence-electron chi connectivity index (χ0n) is 13.8. The van der Waals surface area contributed by atoms with E-state index in [1.165, 1.54) is 0 Å². The number of urea groups is 1. The third-order valence-electron chi connectivity index (χ3n) is 3.80. The number of carbonyl (C=O) groups is 3. The van der Waals surface area contributed by atoms with E-state index in [1.807, 2.05) is 51.1 Å². The van der Waals surface area contributed by atoms with Gasteiger partial charge >= 0.3 is 6.03 Å². The van der Waals surface area contributed by atoms with Crippen molar-refractivity contribution < 1.29 is 14.4 Å². The number of carbonyl (C=O) groups excluding carboxylic acids is 3. The van der Waals surface area contributed by atoms with E-state index in [9.17, 15) is 14.4 Å². The zero-order valence-corrected chi connectivity index (χ0v) is 13.8. The second-order valence-electron chi connectivity index (χ2n) is 5.91. The molecule has 1 heterocycles. The van der Waals surface area contributed by atoms with Crippen molar-refractivity contribution in [2.75, 3.05) is 11.4 Å². The number of anilines is 1. The molecule has 1 atom stereocenters. The molecule has 1 unspecified atom stereocenters. The second kappa shape index (κ2) is 7.26. The minimum Gasteiger partial charge on any atom is -0.326 e. The van der Waals surface area contributed by atoms with E-state index in [-0.39, 0.29) is 24.4 Å². The van der Waals surface area contributed by atoms with Crippen LogP contribution in [0.5, 0.6) is 0 Å². The van der Waals surface area contributed by atoms with E-state index < -0.39 is 12.1 Å². The molecular formula is C17H23N3O3. The molecule has 4 amide bonds. The van der Waals surface area contributed by atoms with Crippen LogP contribution in [0.2, 0.25) is 0 Å². The Balaban J connectivity index is 2.13. The molecule has 1 fully saturated rings. The summed E-state index contributed by atoms with van der Waals surface area (Å²) in [5.41, 5.74) is 0.754. The van der Waals surface area contributed by atoms with Crippen molar-refractivity contribution in [1.82, 2.24) is 10.2 Å². The van der Waals surface area contributed by atoms with Gasteiger partial charge in [-0.15, -0.1) is 0 Å².